The van der Waals surface area contributed by atoms with E-state index < -0.39 is 5.25 Å². The molecule has 1 heterocycles. The Morgan fingerprint density at radius 2 is 1.91 bits per heavy atom. The van der Waals surface area contributed by atoms with E-state index in [1.807, 2.05) is 12.1 Å². The minimum atomic E-state index is -0.645. The van der Waals surface area contributed by atoms with Gasteiger partial charge in [0.2, 0.25) is 11.8 Å². The van der Waals surface area contributed by atoms with E-state index in [-0.39, 0.29) is 30.6 Å². The molecular formula is C25H21BrFN3O3S. The molecule has 0 aliphatic carbocycles. The van der Waals surface area contributed by atoms with Crippen LogP contribution >= 0.6 is 27.7 Å². The van der Waals surface area contributed by atoms with Crippen LogP contribution < -0.4 is 10.1 Å². The summed E-state index contributed by atoms with van der Waals surface area (Å²) in [7, 11) is 1.58. The predicted molar refractivity (Wildman–Crippen MR) is 136 cm³/mol. The number of carbonyl (C=O) groups excluding carboxylic acids is 2. The summed E-state index contributed by atoms with van der Waals surface area (Å²) in [6, 6.07) is 20.3. The molecule has 6 nitrogen and oxygen atoms in total. The standard InChI is InChI=1S/C25H21BrFN3O3S/c1-33-21-11-9-19(10-12-21)29-25-30(15-16-5-7-18(27)8-6-16)23(31)14-22(34-25)24(32)28-20-4-2-3-17(26)13-20/h2-13,22H,14-15H2,1H3,(H,28,32). The quantitative estimate of drug-likeness (QED) is 0.430. The molecule has 3 aromatic carbocycles. The number of benzene rings is 3. The molecule has 1 atom stereocenters. The molecule has 34 heavy (non-hydrogen) atoms. The number of nitrogens with one attached hydrogen (secondary N) is 1. The maximum atomic E-state index is 13.3. The van der Waals surface area contributed by atoms with Gasteiger partial charge in [-0.2, -0.15) is 0 Å². The smallest absolute Gasteiger partial charge is 0.238 e. The van der Waals surface area contributed by atoms with Gasteiger partial charge in [0, 0.05) is 16.6 Å². The fraction of sp³-hybridized carbons (Fsp3) is 0.160. The van der Waals surface area contributed by atoms with Gasteiger partial charge in [-0.25, -0.2) is 9.38 Å². The van der Waals surface area contributed by atoms with Crippen LogP contribution in [0.4, 0.5) is 15.8 Å². The highest BCUT2D eigenvalue weighted by Crippen LogP contribution is 2.31. The van der Waals surface area contributed by atoms with Crippen LogP contribution in [0.2, 0.25) is 0 Å². The average Bonchev–Trinajstić information content (AvgIpc) is 2.83. The fourth-order valence-corrected chi connectivity index (χ4v) is 4.82. The van der Waals surface area contributed by atoms with Crippen molar-refractivity contribution < 1.29 is 18.7 Å². The summed E-state index contributed by atoms with van der Waals surface area (Å²) >= 11 is 4.62. The lowest BCUT2D eigenvalue weighted by atomic mass is 10.2. The zero-order chi connectivity index (χ0) is 24.1. The largest absolute Gasteiger partial charge is 0.497 e. The number of nitrogens with zero attached hydrogens (tertiary/aromatic N) is 2. The summed E-state index contributed by atoms with van der Waals surface area (Å²) in [5.41, 5.74) is 2.01. The van der Waals surface area contributed by atoms with Gasteiger partial charge in [0.1, 0.15) is 16.8 Å². The number of aliphatic imine (C=N–C) groups is 1. The second kappa shape index (κ2) is 10.8. The molecule has 2 amide bonds. The van der Waals surface area contributed by atoms with Gasteiger partial charge in [0.15, 0.2) is 5.17 Å². The van der Waals surface area contributed by atoms with Crippen molar-refractivity contribution in [3.63, 3.8) is 0 Å². The summed E-state index contributed by atoms with van der Waals surface area (Å²) in [4.78, 5) is 32.3. The van der Waals surface area contributed by atoms with Crippen LogP contribution in [0, 0.1) is 5.82 Å². The van der Waals surface area contributed by atoms with Gasteiger partial charge in [-0.15, -0.1) is 0 Å². The molecule has 1 N–H and O–H groups in total. The van der Waals surface area contributed by atoms with E-state index in [0.29, 0.717) is 22.3 Å². The predicted octanol–water partition coefficient (Wildman–Crippen LogP) is 5.76. The molecule has 0 saturated carbocycles. The molecule has 1 aliphatic rings. The molecule has 1 fully saturated rings. The highest BCUT2D eigenvalue weighted by atomic mass is 79.9. The zero-order valence-corrected chi connectivity index (χ0v) is 20.6. The first-order valence-electron chi connectivity index (χ1n) is 10.4. The number of rotatable bonds is 6. The number of thioether (sulfide) groups is 1. The Labute approximate surface area is 209 Å². The van der Waals surface area contributed by atoms with E-state index in [2.05, 4.69) is 26.2 Å². The molecule has 174 valence electrons. The summed E-state index contributed by atoms with van der Waals surface area (Å²) in [6.07, 6.45) is 0.0212. The first-order valence-corrected chi connectivity index (χ1v) is 12.1. The van der Waals surface area contributed by atoms with Crippen LogP contribution in [0.15, 0.2) is 82.3 Å². The molecule has 0 aromatic heterocycles. The summed E-state index contributed by atoms with van der Waals surface area (Å²) in [5, 5.41) is 2.63. The minimum absolute atomic E-state index is 0.0212. The number of hydrogen-bond donors (Lipinski definition) is 1. The normalized spacial score (nSPS) is 17.0. The molecule has 1 saturated heterocycles. The highest BCUT2D eigenvalue weighted by Gasteiger charge is 2.36. The van der Waals surface area contributed by atoms with Crippen LogP contribution in [0.3, 0.4) is 0 Å². The molecule has 0 bridgehead atoms. The SMILES string of the molecule is COc1ccc(N=C2SC(C(=O)Nc3cccc(Br)c3)CC(=O)N2Cc2ccc(F)cc2)cc1. The molecule has 0 spiro atoms. The number of carbonyl (C=O) groups is 2. The molecule has 4 rings (SSSR count). The van der Waals surface area contributed by atoms with Crippen molar-refractivity contribution in [3.8, 4) is 5.75 Å². The molecule has 3 aromatic rings. The van der Waals surface area contributed by atoms with Crippen molar-refractivity contribution in [1.29, 1.82) is 0 Å². The Morgan fingerprint density at radius 1 is 1.18 bits per heavy atom. The fourth-order valence-electron chi connectivity index (χ4n) is 3.33. The monoisotopic (exact) mass is 541 g/mol. The molecular weight excluding hydrogens is 521 g/mol. The Kier molecular flexibility index (Phi) is 7.64. The summed E-state index contributed by atoms with van der Waals surface area (Å²) < 4.78 is 19.4. The number of anilines is 1. The van der Waals surface area contributed by atoms with E-state index >= 15 is 0 Å². The Morgan fingerprint density at radius 3 is 2.59 bits per heavy atom. The van der Waals surface area contributed by atoms with Crippen molar-refractivity contribution in [1.82, 2.24) is 4.90 Å². The molecule has 9 heteroatoms. The highest BCUT2D eigenvalue weighted by molar-refractivity contribution is 9.10. The van der Waals surface area contributed by atoms with E-state index in [1.54, 1.807) is 55.6 Å². The lowest BCUT2D eigenvalue weighted by Crippen LogP contribution is -2.44. The second-order valence-corrected chi connectivity index (χ2v) is 9.59. The third-order valence-corrected chi connectivity index (χ3v) is 6.76. The zero-order valence-electron chi connectivity index (χ0n) is 18.2. The van der Waals surface area contributed by atoms with Crippen molar-refractivity contribution in [2.45, 2.75) is 18.2 Å². The van der Waals surface area contributed by atoms with Gasteiger partial charge < -0.3 is 10.1 Å². The number of amidine groups is 1. The number of methoxy groups -OCH3 is 1. The first-order chi connectivity index (χ1) is 16.4. The third-order valence-electron chi connectivity index (χ3n) is 5.08. The minimum Gasteiger partial charge on any atom is -0.497 e. The second-order valence-electron chi connectivity index (χ2n) is 7.51. The van der Waals surface area contributed by atoms with Crippen molar-refractivity contribution in [3.05, 3.63) is 88.6 Å². The van der Waals surface area contributed by atoms with Crippen LogP contribution in [0.5, 0.6) is 5.75 Å². The summed E-state index contributed by atoms with van der Waals surface area (Å²) in [5.74, 6) is -0.171. The average molecular weight is 542 g/mol. The number of hydrogen-bond acceptors (Lipinski definition) is 5. The van der Waals surface area contributed by atoms with Gasteiger partial charge in [0.05, 0.1) is 19.3 Å². The maximum absolute atomic E-state index is 13.3. The van der Waals surface area contributed by atoms with E-state index in [9.17, 15) is 14.0 Å². The first kappa shape index (κ1) is 24.0. The summed E-state index contributed by atoms with van der Waals surface area (Å²) in [6.45, 7) is 0.223. The topological polar surface area (TPSA) is 71.0 Å². The van der Waals surface area contributed by atoms with E-state index in [0.717, 1.165) is 10.0 Å². The van der Waals surface area contributed by atoms with E-state index in [1.165, 1.54) is 28.8 Å². The van der Waals surface area contributed by atoms with Crippen LogP contribution in [0.1, 0.15) is 12.0 Å². The molecule has 1 aliphatic heterocycles. The third kappa shape index (κ3) is 6.03. The lowest BCUT2D eigenvalue weighted by Gasteiger charge is -2.32. The van der Waals surface area contributed by atoms with E-state index in [4.69, 9.17) is 4.74 Å². The van der Waals surface area contributed by atoms with Crippen LogP contribution in [-0.2, 0) is 16.1 Å². The molecule has 1 unspecified atom stereocenters. The van der Waals surface area contributed by atoms with Crippen molar-refractivity contribution >= 4 is 56.0 Å². The van der Waals surface area contributed by atoms with Crippen LogP contribution in [-0.4, -0.2) is 34.2 Å². The number of ether oxygens (including phenoxy) is 1. The van der Waals surface area contributed by atoms with Gasteiger partial charge >= 0.3 is 0 Å². The lowest BCUT2D eigenvalue weighted by molar-refractivity contribution is -0.129. The van der Waals surface area contributed by atoms with Crippen molar-refractivity contribution in [2.24, 2.45) is 4.99 Å². The van der Waals surface area contributed by atoms with Gasteiger partial charge in [0.25, 0.3) is 0 Å². The molecule has 0 radical (unpaired) electrons. The number of halogens is 2. The van der Waals surface area contributed by atoms with Gasteiger partial charge in [-0.3, -0.25) is 14.5 Å². The van der Waals surface area contributed by atoms with Crippen molar-refractivity contribution in [2.75, 3.05) is 12.4 Å². The van der Waals surface area contributed by atoms with Gasteiger partial charge in [-0.1, -0.05) is 45.9 Å². The Balaban J connectivity index is 1.60. The maximum Gasteiger partial charge on any atom is 0.238 e. The number of amides is 2. The Bertz CT molecular complexity index is 1220. The van der Waals surface area contributed by atoms with Crippen LogP contribution in [0.25, 0.3) is 0 Å². The van der Waals surface area contributed by atoms with Gasteiger partial charge in [-0.05, 0) is 60.2 Å². The Hall–Kier alpha value is -3.17.